The summed E-state index contributed by atoms with van der Waals surface area (Å²) in [7, 11) is -0.771. The number of hydrogen-bond donors (Lipinski definition) is 1. The van der Waals surface area contributed by atoms with E-state index in [9.17, 15) is 9.32 Å². The van der Waals surface area contributed by atoms with Gasteiger partial charge in [-0.05, 0) is 43.4 Å². The summed E-state index contributed by atoms with van der Waals surface area (Å²) in [4.78, 5) is 8.59. The van der Waals surface area contributed by atoms with Crippen LogP contribution in [-0.2, 0) is 16.4 Å². The van der Waals surface area contributed by atoms with E-state index in [4.69, 9.17) is 0 Å². The van der Waals surface area contributed by atoms with E-state index >= 15 is 0 Å². The molecule has 21 heavy (non-hydrogen) atoms. The summed E-state index contributed by atoms with van der Waals surface area (Å²) in [6, 6.07) is 5.80. The van der Waals surface area contributed by atoms with Crippen LogP contribution in [0.3, 0.4) is 0 Å². The fourth-order valence-electron chi connectivity index (χ4n) is 3.77. The van der Waals surface area contributed by atoms with E-state index in [0.29, 0.717) is 12.8 Å². The number of aliphatic hydroxyl groups is 1. The topological polar surface area (TPSA) is 63.1 Å². The predicted octanol–water partition coefficient (Wildman–Crippen LogP) is 2.28. The predicted molar refractivity (Wildman–Crippen MR) is 82.2 cm³/mol. The Kier molecular flexibility index (Phi) is 3.08. The first kappa shape index (κ1) is 13.3. The van der Waals surface area contributed by atoms with Crippen molar-refractivity contribution >= 4 is 21.8 Å². The van der Waals surface area contributed by atoms with Crippen molar-refractivity contribution < 1.29 is 9.32 Å². The van der Waals surface area contributed by atoms with Gasteiger partial charge < -0.3 is 5.11 Å². The van der Waals surface area contributed by atoms with Crippen LogP contribution >= 0.6 is 0 Å². The first-order valence-electron chi connectivity index (χ1n) is 7.49. The van der Waals surface area contributed by atoms with Gasteiger partial charge in [0, 0.05) is 33.7 Å². The molecular formula is C16H18N2O2S. The molecule has 4 nitrogen and oxygen atoms in total. The normalized spacial score (nSPS) is 35.8. The summed E-state index contributed by atoms with van der Waals surface area (Å²) in [6.45, 7) is 0. The molecule has 2 fully saturated rings. The van der Waals surface area contributed by atoms with E-state index in [1.165, 1.54) is 0 Å². The average molecular weight is 302 g/mol. The molecule has 1 aromatic carbocycles. The van der Waals surface area contributed by atoms with Crippen molar-refractivity contribution in [3.63, 3.8) is 0 Å². The fraction of sp³-hybridized carbons (Fsp3) is 0.500. The zero-order valence-electron chi connectivity index (χ0n) is 11.7. The number of fused-ring (bicyclic) bond motifs is 3. The highest BCUT2D eigenvalue weighted by atomic mass is 32.2. The number of nitrogens with zero attached hydrogens (tertiary/aromatic N) is 2. The van der Waals surface area contributed by atoms with Crippen molar-refractivity contribution in [2.24, 2.45) is 0 Å². The molecule has 1 aromatic heterocycles. The molecule has 1 N–H and O–H groups in total. The second kappa shape index (κ2) is 4.85. The zero-order valence-corrected chi connectivity index (χ0v) is 12.6. The first-order chi connectivity index (χ1) is 10.2. The van der Waals surface area contributed by atoms with Gasteiger partial charge in [-0.25, -0.2) is 0 Å². The number of rotatable bonds is 1. The minimum atomic E-state index is -0.866. The molecule has 5 heteroatoms. The summed E-state index contributed by atoms with van der Waals surface area (Å²) < 4.78 is 12.3. The quantitative estimate of drug-likeness (QED) is 0.878. The van der Waals surface area contributed by atoms with Crippen molar-refractivity contribution in [3.8, 4) is 0 Å². The van der Waals surface area contributed by atoms with Crippen LogP contribution in [0.25, 0.3) is 11.0 Å². The van der Waals surface area contributed by atoms with Crippen LogP contribution in [0.5, 0.6) is 0 Å². The lowest BCUT2D eigenvalue weighted by molar-refractivity contribution is 0.00664. The van der Waals surface area contributed by atoms with Gasteiger partial charge in [-0.15, -0.1) is 0 Å². The third-order valence-corrected chi connectivity index (χ3v) is 6.97. The second-order valence-corrected chi connectivity index (χ2v) is 8.19. The standard InChI is InChI=1S/C16H18N2O2S/c19-16(9-12-2-1-3-13(10-16)21(12)20)11-4-5-14-15(8-11)18-7-6-17-14/h4-8,12-13,19H,1-3,9-10H2. The van der Waals surface area contributed by atoms with Crippen molar-refractivity contribution in [2.75, 3.05) is 0 Å². The van der Waals surface area contributed by atoms with Gasteiger partial charge in [-0.2, -0.15) is 0 Å². The number of benzene rings is 1. The van der Waals surface area contributed by atoms with Crippen LogP contribution in [0.4, 0.5) is 0 Å². The van der Waals surface area contributed by atoms with Crippen LogP contribution in [0, 0.1) is 0 Å². The van der Waals surface area contributed by atoms with Crippen molar-refractivity contribution in [2.45, 2.75) is 48.2 Å². The molecule has 2 aliphatic heterocycles. The van der Waals surface area contributed by atoms with Gasteiger partial charge >= 0.3 is 0 Å². The zero-order chi connectivity index (χ0) is 14.4. The molecule has 0 aliphatic carbocycles. The molecule has 2 bridgehead atoms. The molecule has 0 saturated carbocycles. The maximum Gasteiger partial charge on any atom is 0.0920 e. The maximum atomic E-state index is 12.3. The fourth-order valence-corrected chi connectivity index (χ4v) is 5.99. The van der Waals surface area contributed by atoms with E-state index in [2.05, 4.69) is 9.97 Å². The Balaban J connectivity index is 1.75. The van der Waals surface area contributed by atoms with Crippen LogP contribution < -0.4 is 0 Å². The van der Waals surface area contributed by atoms with E-state index in [-0.39, 0.29) is 10.5 Å². The Morgan fingerprint density at radius 1 is 1.10 bits per heavy atom. The highest BCUT2D eigenvalue weighted by molar-refractivity contribution is 7.86. The Bertz CT molecular complexity index is 702. The van der Waals surface area contributed by atoms with Crippen molar-refractivity contribution in [1.82, 2.24) is 9.97 Å². The first-order valence-corrected chi connectivity index (χ1v) is 8.76. The molecule has 3 heterocycles. The lowest BCUT2D eigenvalue weighted by Gasteiger charge is -2.43. The van der Waals surface area contributed by atoms with E-state index in [0.717, 1.165) is 35.9 Å². The SMILES string of the molecule is O=S1C2CCCC1CC(O)(c1ccc3nccnc3c1)C2. The molecule has 4 rings (SSSR count). The third kappa shape index (κ3) is 2.19. The Morgan fingerprint density at radius 3 is 2.48 bits per heavy atom. The minimum Gasteiger partial charge on any atom is -0.385 e. The summed E-state index contributed by atoms with van der Waals surface area (Å²) in [6.07, 6.45) is 7.62. The Labute approximate surface area is 126 Å². The Hall–Kier alpha value is -1.33. The van der Waals surface area contributed by atoms with Crippen molar-refractivity contribution in [1.29, 1.82) is 0 Å². The smallest absolute Gasteiger partial charge is 0.0920 e. The molecule has 0 spiro atoms. The summed E-state index contributed by atoms with van der Waals surface area (Å²) in [5, 5.41) is 11.4. The van der Waals surface area contributed by atoms with Gasteiger partial charge in [-0.1, -0.05) is 12.5 Å². The van der Waals surface area contributed by atoms with Crippen LogP contribution in [0.2, 0.25) is 0 Å². The van der Waals surface area contributed by atoms with E-state index in [1.807, 2.05) is 18.2 Å². The molecule has 0 radical (unpaired) electrons. The molecule has 2 aromatic rings. The van der Waals surface area contributed by atoms with E-state index < -0.39 is 16.4 Å². The summed E-state index contributed by atoms with van der Waals surface area (Å²) in [5.74, 6) is 0. The third-order valence-electron chi connectivity index (χ3n) is 4.85. The van der Waals surface area contributed by atoms with Gasteiger partial charge in [-0.3, -0.25) is 14.2 Å². The molecule has 0 amide bonds. The molecule has 2 saturated heterocycles. The van der Waals surface area contributed by atoms with Gasteiger partial charge in [0.05, 0.1) is 16.6 Å². The highest BCUT2D eigenvalue weighted by Crippen LogP contribution is 2.44. The number of aromatic nitrogens is 2. The second-order valence-electron chi connectivity index (χ2n) is 6.20. The van der Waals surface area contributed by atoms with Gasteiger partial charge in [0.25, 0.3) is 0 Å². The lowest BCUT2D eigenvalue weighted by atomic mass is 9.80. The number of hydrogen-bond acceptors (Lipinski definition) is 4. The summed E-state index contributed by atoms with van der Waals surface area (Å²) >= 11 is 0. The van der Waals surface area contributed by atoms with E-state index in [1.54, 1.807) is 12.4 Å². The highest BCUT2D eigenvalue weighted by Gasteiger charge is 2.46. The molecule has 110 valence electrons. The van der Waals surface area contributed by atoms with Gasteiger partial charge in [0.1, 0.15) is 0 Å². The Morgan fingerprint density at radius 2 is 1.76 bits per heavy atom. The van der Waals surface area contributed by atoms with Crippen LogP contribution in [0.1, 0.15) is 37.7 Å². The monoisotopic (exact) mass is 302 g/mol. The largest absolute Gasteiger partial charge is 0.385 e. The van der Waals surface area contributed by atoms with Crippen molar-refractivity contribution in [3.05, 3.63) is 36.2 Å². The molecule has 2 atom stereocenters. The minimum absolute atomic E-state index is 0.139. The molecule has 2 unspecified atom stereocenters. The summed E-state index contributed by atoms with van der Waals surface area (Å²) in [5.41, 5.74) is 1.67. The van der Waals surface area contributed by atoms with Crippen LogP contribution in [0.15, 0.2) is 30.6 Å². The maximum absolute atomic E-state index is 12.3. The van der Waals surface area contributed by atoms with Gasteiger partial charge in [0.15, 0.2) is 0 Å². The molecular weight excluding hydrogens is 284 g/mol. The molecule has 2 aliphatic rings. The van der Waals surface area contributed by atoms with Crippen LogP contribution in [-0.4, -0.2) is 29.8 Å². The average Bonchev–Trinajstić information content (AvgIpc) is 2.49. The van der Waals surface area contributed by atoms with Gasteiger partial charge in [0.2, 0.25) is 0 Å². The lowest BCUT2D eigenvalue weighted by Crippen LogP contribution is -2.47.